The summed E-state index contributed by atoms with van der Waals surface area (Å²) in [5.41, 5.74) is 6.81. The number of hydrogen-bond donors (Lipinski definition) is 0. The fourth-order valence-electron chi connectivity index (χ4n) is 2.72. The van der Waals surface area contributed by atoms with Crippen molar-refractivity contribution in [2.75, 3.05) is 0 Å². The lowest BCUT2D eigenvalue weighted by Crippen LogP contribution is -2.02. The van der Waals surface area contributed by atoms with Crippen LogP contribution in [0.5, 0.6) is 0 Å². The molecule has 0 unspecified atom stereocenters. The van der Waals surface area contributed by atoms with E-state index in [-0.39, 0.29) is 0 Å². The van der Waals surface area contributed by atoms with Gasteiger partial charge >= 0.3 is 0 Å². The van der Waals surface area contributed by atoms with Crippen LogP contribution in [0.25, 0.3) is 17.2 Å². The number of halogens is 1. The maximum absolute atomic E-state index is 3.95. The van der Waals surface area contributed by atoms with Gasteiger partial charge in [-0.2, -0.15) is 0 Å². The van der Waals surface area contributed by atoms with Crippen molar-refractivity contribution in [1.29, 1.82) is 0 Å². The summed E-state index contributed by atoms with van der Waals surface area (Å²) >= 11 is 2.44. The molecule has 0 N–H and O–H groups in total. The lowest BCUT2D eigenvalue weighted by Gasteiger charge is -2.22. The van der Waals surface area contributed by atoms with Gasteiger partial charge in [0.25, 0.3) is 0 Å². The molecular formula is C20H23I. The van der Waals surface area contributed by atoms with Crippen molar-refractivity contribution >= 4 is 28.7 Å². The minimum Gasteiger partial charge on any atom is -0.0985 e. The summed E-state index contributed by atoms with van der Waals surface area (Å²) in [4.78, 5) is 0. The molecule has 0 aliphatic heterocycles. The maximum atomic E-state index is 3.95. The number of hydrogen-bond acceptors (Lipinski definition) is 0. The summed E-state index contributed by atoms with van der Waals surface area (Å²) in [6, 6.07) is 13.2. The van der Waals surface area contributed by atoms with Crippen molar-refractivity contribution in [2.45, 2.75) is 39.5 Å². The molecule has 0 spiro atoms. The average Bonchev–Trinajstić information content (AvgIpc) is 2.46. The van der Waals surface area contributed by atoms with E-state index >= 15 is 0 Å². The number of benzene rings is 2. The first kappa shape index (κ1) is 16.3. The third-order valence-electron chi connectivity index (χ3n) is 3.84. The Morgan fingerprint density at radius 1 is 0.952 bits per heavy atom. The van der Waals surface area contributed by atoms with Crippen LogP contribution in [0.4, 0.5) is 0 Å². The van der Waals surface area contributed by atoms with Crippen molar-refractivity contribution in [3.8, 4) is 11.1 Å². The summed E-state index contributed by atoms with van der Waals surface area (Å²) in [7, 11) is 0. The molecule has 0 nitrogen and oxygen atoms in total. The number of rotatable bonds is 4. The lowest BCUT2D eigenvalue weighted by molar-refractivity contribution is 0.837. The molecule has 0 heterocycles. The van der Waals surface area contributed by atoms with Gasteiger partial charge in [-0.05, 0) is 68.3 Å². The molecule has 0 aliphatic carbocycles. The van der Waals surface area contributed by atoms with Gasteiger partial charge in [-0.15, -0.1) is 0 Å². The second-order valence-electron chi connectivity index (χ2n) is 6.07. The van der Waals surface area contributed by atoms with Gasteiger partial charge in [0.15, 0.2) is 0 Å². The van der Waals surface area contributed by atoms with Gasteiger partial charge < -0.3 is 0 Å². The third-order valence-corrected chi connectivity index (χ3v) is 4.79. The van der Waals surface area contributed by atoms with Crippen LogP contribution < -0.4 is 0 Å². The van der Waals surface area contributed by atoms with Crippen LogP contribution >= 0.6 is 22.6 Å². The second-order valence-corrected chi connectivity index (χ2v) is 7.23. The molecule has 0 saturated carbocycles. The van der Waals surface area contributed by atoms with Crippen LogP contribution in [0, 0.1) is 3.57 Å². The zero-order valence-electron chi connectivity index (χ0n) is 13.3. The average molecular weight is 390 g/mol. The SMILES string of the molecule is C=Cc1cc(C(C)C)c(-c2ccccc2I)c(C(C)C)c1. The molecule has 1 heteroatoms. The minimum atomic E-state index is 0.494. The van der Waals surface area contributed by atoms with Gasteiger partial charge in [0.2, 0.25) is 0 Å². The highest BCUT2D eigenvalue weighted by molar-refractivity contribution is 14.1. The van der Waals surface area contributed by atoms with Gasteiger partial charge in [-0.1, -0.05) is 70.7 Å². The van der Waals surface area contributed by atoms with E-state index in [0.717, 1.165) is 0 Å². The molecule has 0 bridgehead atoms. The summed E-state index contributed by atoms with van der Waals surface area (Å²) < 4.78 is 1.31. The Balaban J connectivity index is 2.84. The van der Waals surface area contributed by atoms with Gasteiger partial charge in [0.1, 0.15) is 0 Å². The van der Waals surface area contributed by atoms with Crippen LogP contribution in [0.1, 0.15) is 56.2 Å². The van der Waals surface area contributed by atoms with E-state index in [0.29, 0.717) is 11.8 Å². The quantitative estimate of drug-likeness (QED) is 0.501. The highest BCUT2D eigenvalue weighted by Crippen LogP contribution is 2.39. The Morgan fingerprint density at radius 2 is 1.48 bits per heavy atom. The van der Waals surface area contributed by atoms with Gasteiger partial charge in [0.05, 0.1) is 0 Å². The molecule has 0 aliphatic rings. The smallest absolute Gasteiger partial charge is 0.0208 e. The molecule has 21 heavy (non-hydrogen) atoms. The Hall–Kier alpha value is -1.09. The molecule has 0 aromatic heterocycles. The third kappa shape index (κ3) is 3.39. The van der Waals surface area contributed by atoms with Gasteiger partial charge in [-0.25, -0.2) is 0 Å². The van der Waals surface area contributed by atoms with Crippen LogP contribution in [0.3, 0.4) is 0 Å². The first-order valence-electron chi connectivity index (χ1n) is 7.50. The monoisotopic (exact) mass is 390 g/mol. The van der Waals surface area contributed by atoms with Crippen LogP contribution in [0.15, 0.2) is 43.0 Å². The maximum Gasteiger partial charge on any atom is 0.0208 e. The van der Waals surface area contributed by atoms with Crippen molar-refractivity contribution < 1.29 is 0 Å². The first-order valence-corrected chi connectivity index (χ1v) is 8.58. The summed E-state index contributed by atoms with van der Waals surface area (Å²) in [6.07, 6.45) is 1.96. The molecule has 2 aromatic carbocycles. The Kier molecular flexibility index (Phi) is 5.26. The topological polar surface area (TPSA) is 0 Å². The molecule has 2 aromatic rings. The van der Waals surface area contributed by atoms with E-state index in [2.05, 4.69) is 93.3 Å². The van der Waals surface area contributed by atoms with Crippen LogP contribution in [-0.2, 0) is 0 Å². The normalized spacial score (nSPS) is 11.2. The first-order chi connectivity index (χ1) is 9.95. The summed E-state index contributed by atoms with van der Waals surface area (Å²) in [5, 5.41) is 0. The summed E-state index contributed by atoms with van der Waals surface area (Å²) in [6.45, 7) is 13.0. The molecule has 0 saturated heterocycles. The van der Waals surface area contributed by atoms with Crippen molar-refractivity contribution in [1.82, 2.24) is 0 Å². The van der Waals surface area contributed by atoms with E-state index in [1.54, 1.807) is 0 Å². The van der Waals surface area contributed by atoms with E-state index in [9.17, 15) is 0 Å². The molecule has 0 fully saturated rings. The van der Waals surface area contributed by atoms with E-state index in [1.807, 2.05) is 6.08 Å². The van der Waals surface area contributed by atoms with Gasteiger partial charge in [-0.3, -0.25) is 0 Å². The Bertz CT molecular complexity index is 622. The molecular weight excluding hydrogens is 367 g/mol. The summed E-state index contributed by atoms with van der Waals surface area (Å²) in [5.74, 6) is 0.988. The van der Waals surface area contributed by atoms with Crippen molar-refractivity contribution in [2.24, 2.45) is 0 Å². The van der Waals surface area contributed by atoms with Crippen molar-refractivity contribution in [3.05, 3.63) is 63.2 Å². The predicted molar refractivity (Wildman–Crippen MR) is 103 cm³/mol. The highest BCUT2D eigenvalue weighted by Gasteiger charge is 2.18. The Morgan fingerprint density at radius 3 is 1.90 bits per heavy atom. The molecule has 2 rings (SSSR count). The molecule has 110 valence electrons. The zero-order chi connectivity index (χ0) is 15.6. The van der Waals surface area contributed by atoms with Crippen molar-refractivity contribution in [3.63, 3.8) is 0 Å². The largest absolute Gasteiger partial charge is 0.0985 e. The standard InChI is InChI=1S/C20H23I/c1-6-15-11-17(13(2)3)20(18(12-15)14(4)5)16-9-7-8-10-19(16)21/h6-14H,1H2,2-5H3. The van der Waals surface area contributed by atoms with Gasteiger partial charge in [0, 0.05) is 3.57 Å². The second kappa shape index (κ2) is 6.78. The fourth-order valence-corrected chi connectivity index (χ4v) is 3.37. The predicted octanol–water partition coefficient (Wildman–Crippen LogP) is 6.85. The molecule has 0 amide bonds. The molecule has 0 radical (unpaired) electrons. The fraction of sp³-hybridized carbons (Fsp3) is 0.300. The highest BCUT2D eigenvalue weighted by atomic mass is 127. The lowest BCUT2D eigenvalue weighted by atomic mass is 9.83. The van der Waals surface area contributed by atoms with E-state index in [1.165, 1.54) is 31.4 Å². The zero-order valence-corrected chi connectivity index (χ0v) is 15.4. The molecule has 0 atom stereocenters. The van der Waals surface area contributed by atoms with E-state index in [4.69, 9.17) is 0 Å². The van der Waals surface area contributed by atoms with Crippen LogP contribution in [-0.4, -0.2) is 0 Å². The van der Waals surface area contributed by atoms with Crippen LogP contribution in [0.2, 0.25) is 0 Å². The Labute approximate surface area is 142 Å². The minimum absolute atomic E-state index is 0.494. The van der Waals surface area contributed by atoms with E-state index < -0.39 is 0 Å².